The van der Waals surface area contributed by atoms with Crippen molar-refractivity contribution < 1.29 is 26.7 Å². The number of ether oxygens (including phenoxy) is 1. The van der Waals surface area contributed by atoms with Crippen LogP contribution in [0.4, 0.5) is 27.6 Å². The number of rotatable bonds is 2. The van der Waals surface area contributed by atoms with Gasteiger partial charge in [0.2, 0.25) is 5.88 Å². The van der Waals surface area contributed by atoms with Crippen molar-refractivity contribution in [3.05, 3.63) is 17.3 Å². The third-order valence-electron chi connectivity index (χ3n) is 1.65. The van der Waals surface area contributed by atoms with Gasteiger partial charge in [0.25, 0.3) is 6.43 Å². The second-order valence-corrected chi connectivity index (χ2v) is 2.77. The SMILES string of the molecule is N#Cc1c(N)cnc(OC(F)(F)F)c1C(F)F. The summed E-state index contributed by atoms with van der Waals surface area (Å²) in [6.45, 7) is 0. The average molecular weight is 253 g/mol. The summed E-state index contributed by atoms with van der Waals surface area (Å²) in [7, 11) is 0. The zero-order chi connectivity index (χ0) is 13.2. The summed E-state index contributed by atoms with van der Waals surface area (Å²) in [6.07, 6.45) is -7.90. The molecule has 0 unspecified atom stereocenters. The first-order valence-electron chi connectivity index (χ1n) is 3.98. The van der Waals surface area contributed by atoms with Crippen molar-refractivity contribution in [1.82, 2.24) is 4.98 Å². The molecule has 0 aliphatic rings. The Morgan fingerprint density at radius 3 is 2.41 bits per heavy atom. The number of nitrogens with zero attached hydrogens (tertiary/aromatic N) is 2. The van der Waals surface area contributed by atoms with E-state index in [4.69, 9.17) is 11.0 Å². The minimum Gasteiger partial charge on any atom is -0.396 e. The molecule has 0 atom stereocenters. The molecule has 1 aromatic heterocycles. The van der Waals surface area contributed by atoms with Crippen LogP contribution in [0.3, 0.4) is 0 Å². The Kier molecular flexibility index (Phi) is 3.36. The Hall–Kier alpha value is -2.11. The van der Waals surface area contributed by atoms with Gasteiger partial charge in [0.15, 0.2) is 0 Å². The monoisotopic (exact) mass is 253 g/mol. The molecule has 1 aromatic rings. The van der Waals surface area contributed by atoms with Gasteiger partial charge in [-0.15, -0.1) is 13.2 Å². The molecule has 0 saturated heterocycles. The van der Waals surface area contributed by atoms with Crippen molar-refractivity contribution in [2.75, 3.05) is 5.73 Å². The quantitative estimate of drug-likeness (QED) is 0.821. The third kappa shape index (κ3) is 2.93. The minimum absolute atomic E-state index is 0.447. The van der Waals surface area contributed by atoms with E-state index in [0.29, 0.717) is 6.20 Å². The Morgan fingerprint density at radius 2 is 2.00 bits per heavy atom. The molecule has 1 heterocycles. The number of hydrogen-bond acceptors (Lipinski definition) is 4. The fourth-order valence-electron chi connectivity index (χ4n) is 1.04. The predicted molar refractivity (Wildman–Crippen MR) is 45.0 cm³/mol. The number of pyridine rings is 1. The maximum atomic E-state index is 12.5. The number of alkyl halides is 5. The molecule has 0 saturated carbocycles. The molecule has 1 rings (SSSR count). The van der Waals surface area contributed by atoms with E-state index in [2.05, 4.69) is 9.72 Å². The number of aromatic nitrogens is 1. The highest BCUT2D eigenvalue weighted by Crippen LogP contribution is 2.35. The van der Waals surface area contributed by atoms with Crippen LogP contribution in [-0.4, -0.2) is 11.3 Å². The highest BCUT2D eigenvalue weighted by molar-refractivity contribution is 5.59. The number of halogens is 5. The molecule has 0 spiro atoms. The zero-order valence-corrected chi connectivity index (χ0v) is 7.92. The van der Waals surface area contributed by atoms with Crippen molar-refractivity contribution >= 4 is 5.69 Å². The van der Waals surface area contributed by atoms with Crippen LogP contribution in [0.15, 0.2) is 6.20 Å². The molecule has 2 N–H and O–H groups in total. The largest absolute Gasteiger partial charge is 0.574 e. The first-order chi connectivity index (χ1) is 7.76. The van der Waals surface area contributed by atoms with Gasteiger partial charge < -0.3 is 10.5 Å². The molecule has 9 heteroatoms. The van der Waals surface area contributed by atoms with E-state index >= 15 is 0 Å². The summed E-state index contributed by atoms with van der Waals surface area (Å²) in [6, 6.07) is 1.28. The summed E-state index contributed by atoms with van der Waals surface area (Å²) >= 11 is 0. The van der Waals surface area contributed by atoms with Gasteiger partial charge in [-0.25, -0.2) is 13.8 Å². The smallest absolute Gasteiger partial charge is 0.396 e. The van der Waals surface area contributed by atoms with Gasteiger partial charge in [0.1, 0.15) is 11.6 Å². The maximum Gasteiger partial charge on any atom is 0.574 e. The number of nitrogen functional groups attached to an aromatic ring is 1. The lowest BCUT2D eigenvalue weighted by molar-refractivity contribution is -0.276. The van der Waals surface area contributed by atoms with Crippen LogP contribution in [0.2, 0.25) is 0 Å². The number of hydrogen-bond donors (Lipinski definition) is 1. The fraction of sp³-hybridized carbons (Fsp3) is 0.250. The van der Waals surface area contributed by atoms with E-state index in [1.807, 2.05) is 0 Å². The number of nitriles is 1. The van der Waals surface area contributed by atoms with E-state index in [9.17, 15) is 22.0 Å². The summed E-state index contributed by atoms with van der Waals surface area (Å²) in [5.74, 6) is -1.38. The summed E-state index contributed by atoms with van der Waals surface area (Å²) in [5.41, 5.74) is 2.64. The molecule has 0 aliphatic carbocycles. The molecule has 17 heavy (non-hydrogen) atoms. The van der Waals surface area contributed by atoms with Crippen LogP contribution in [0, 0.1) is 11.3 Å². The van der Waals surface area contributed by atoms with Crippen molar-refractivity contribution in [3.8, 4) is 11.9 Å². The van der Waals surface area contributed by atoms with Crippen molar-refractivity contribution in [1.29, 1.82) is 5.26 Å². The lowest BCUT2D eigenvalue weighted by Gasteiger charge is -2.13. The summed E-state index contributed by atoms with van der Waals surface area (Å²) < 4.78 is 64.1. The maximum absolute atomic E-state index is 12.5. The normalized spacial score (nSPS) is 11.4. The molecule has 0 bridgehead atoms. The van der Waals surface area contributed by atoms with Crippen molar-refractivity contribution in [3.63, 3.8) is 0 Å². The van der Waals surface area contributed by atoms with Crippen molar-refractivity contribution in [2.24, 2.45) is 0 Å². The first-order valence-corrected chi connectivity index (χ1v) is 3.98. The Morgan fingerprint density at radius 1 is 1.41 bits per heavy atom. The van der Waals surface area contributed by atoms with Crippen LogP contribution in [-0.2, 0) is 0 Å². The Balaban J connectivity index is 3.37. The fourth-order valence-corrected chi connectivity index (χ4v) is 1.04. The average Bonchev–Trinajstić information content (AvgIpc) is 2.17. The minimum atomic E-state index is -5.18. The highest BCUT2D eigenvalue weighted by atomic mass is 19.4. The summed E-state index contributed by atoms with van der Waals surface area (Å²) in [5, 5.41) is 8.54. The first kappa shape index (κ1) is 13.0. The molecular formula is C8H4F5N3O. The summed E-state index contributed by atoms with van der Waals surface area (Å²) in [4.78, 5) is 3.00. The van der Waals surface area contributed by atoms with E-state index < -0.39 is 35.5 Å². The third-order valence-corrected chi connectivity index (χ3v) is 1.65. The van der Waals surface area contributed by atoms with Crippen LogP contribution in [0.1, 0.15) is 17.6 Å². The molecule has 0 amide bonds. The molecule has 0 aliphatic heterocycles. The molecule has 0 fully saturated rings. The molecule has 4 nitrogen and oxygen atoms in total. The van der Waals surface area contributed by atoms with Crippen LogP contribution < -0.4 is 10.5 Å². The van der Waals surface area contributed by atoms with E-state index in [0.717, 1.165) is 0 Å². The second-order valence-electron chi connectivity index (χ2n) is 2.77. The lowest BCUT2D eigenvalue weighted by atomic mass is 10.1. The molecular weight excluding hydrogens is 249 g/mol. The Labute approximate surface area is 91.4 Å². The second kappa shape index (κ2) is 4.40. The van der Waals surface area contributed by atoms with Gasteiger partial charge in [-0.3, -0.25) is 0 Å². The lowest BCUT2D eigenvalue weighted by Crippen LogP contribution is -2.20. The molecule has 92 valence electrons. The van der Waals surface area contributed by atoms with E-state index in [-0.39, 0.29) is 0 Å². The standard InChI is InChI=1S/C8H4F5N3O/c9-6(10)5-3(1-14)4(15)2-16-7(5)17-8(11,12)13/h2,6H,15H2. The topological polar surface area (TPSA) is 71.9 Å². The highest BCUT2D eigenvalue weighted by Gasteiger charge is 2.35. The van der Waals surface area contributed by atoms with Gasteiger partial charge in [-0.1, -0.05) is 0 Å². The molecule has 0 radical (unpaired) electrons. The van der Waals surface area contributed by atoms with Gasteiger partial charge >= 0.3 is 6.36 Å². The van der Waals surface area contributed by atoms with Crippen LogP contribution in [0.5, 0.6) is 5.88 Å². The van der Waals surface area contributed by atoms with Crippen LogP contribution in [0.25, 0.3) is 0 Å². The predicted octanol–water partition coefficient (Wildman–Crippen LogP) is 2.37. The number of nitrogens with two attached hydrogens (primary N) is 1. The Bertz CT molecular complexity index is 465. The molecule has 0 aromatic carbocycles. The zero-order valence-electron chi connectivity index (χ0n) is 7.92. The van der Waals surface area contributed by atoms with E-state index in [1.165, 1.54) is 6.07 Å². The van der Waals surface area contributed by atoms with Crippen molar-refractivity contribution in [2.45, 2.75) is 12.8 Å². The van der Waals surface area contributed by atoms with Gasteiger partial charge in [0.05, 0.1) is 17.4 Å². The van der Waals surface area contributed by atoms with Crippen LogP contribution >= 0.6 is 0 Å². The van der Waals surface area contributed by atoms with Gasteiger partial charge in [-0.05, 0) is 0 Å². The number of anilines is 1. The van der Waals surface area contributed by atoms with E-state index in [1.54, 1.807) is 0 Å². The van der Waals surface area contributed by atoms with Gasteiger partial charge in [0, 0.05) is 0 Å². The van der Waals surface area contributed by atoms with Gasteiger partial charge in [-0.2, -0.15) is 5.26 Å².